The maximum absolute atomic E-state index is 12.2. The van der Waals surface area contributed by atoms with Crippen LogP contribution in [0.25, 0.3) is 0 Å². The quantitative estimate of drug-likeness (QED) is 0.226. The predicted molar refractivity (Wildman–Crippen MR) is 128 cm³/mol. The lowest BCUT2D eigenvalue weighted by atomic mass is 9.93. The number of nitrogens with zero attached hydrogens (tertiary/aromatic N) is 2. The average Bonchev–Trinajstić information content (AvgIpc) is 3.07. The normalized spacial score (nSPS) is 12.8. The molecule has 0 saturated heterocycles. The number of hydrogen-bond acceptors (Lipinski definition) is 5. The lowest BCUT2D eigenvalue weighted by Crippen LogP contribution is -2.47. The smallest absolute Gasteiger partial charge is 0.252 e. The largest absolute Gasteiger partial charge is 0.388 e. The molecule has 10 heteroatoms. The van der Waals surface area contributed by atoms with Crippen LogP contribution in [0.1, 0.15) is 51.3 Å². The van der Waals surface area contributed by atoms with E-state index in [1.54, 1.807) is 12.1 Å². The summed E-state index contributed by atoms with van der Waals surface area (Å²) in [5.41, 5.74) is -0.740. The maximum atomic E-state index is 12.2. The fourth-order valence-corrected chi connectivity index (χ4v) is 5.19. The van der Waals surface area contributed by atoms with Crippen molar-refractivity contribution in [3.63, 3.8) is 0 Å². The third kappa shape index (κ3) is 8.52. The van der Waals surface area contributed by atoms with Crippen LogP contribution in [0, 0.1) is 0 Å². The molecule has 0 amide bonds. The average molecular weight is 547 g/mol. The highest BCUT2D eigenvalue weighted by atomic mass is 127. The predicted octanol–water partition coefficient (Wildman–Crippen LogP) is 3.00. The van der Waals surface area contributed by atoms with Crippen molar-refractivity contribution in [2.75, 3.05) is 27.2 Å². The molecular weight excluding hydrogens is 511 g/mol. The van der Waals surface area contributed by atoms with E-state index in [0.717, 1.165) is 30.6 Å². The summed E-state index contributed by atoms with van der Waals surface area (Å²) < 4.78 is 25.9. The molecule has 0 aromatic carbocycles. The number of aliphatic imine (C=N–C) groups is 1. The Morgan fingerprint density at radius 2 is 1.79 bits per heavy atom. The summed E-state index contributed by atoms with van der Waals surface area (Å²) in [7, 11) is -0.365. The highest BCUT2D eigenvalue weighted by Crippen LogP contribution is 2.24. The van der Waals surface area contributed by atoms with E-state index < -0.39 is 15.6 Å². The van der Waals surface area contributed by atoms with Gasteiger partial charge in [0.05, 0.1) is 12.1 Å². The van der Waals surface area contributed by atoms with E-state index in [0.29, 0.717) is 29.8 Å². The van der Waals surface area contributed by atoms with Gasteiger partial charge < -0.3 is 15.7 Å². The van der Waals surface area contributed by atoms with Gasteiger partial charge in [0, 0.05) is 32.1 Å². The number of nitrogens with one attached hydrogen (secondary N) is 2. The molecule has 0 aliphatic rings. The third-order valence-electron chi connectivity index (χ3n) is 4.12. The molecule has 0 radical (unpaired) electrons. The topological polar surface area (TPSA) is 94.0 Å². The van der Waals surface area contributed by atoms with Crippen LogP contribution in [0.2, 0.25) is 0 Å². The van der Waals surface area contributed by atoms with Gasteiger partial charge in [-0.25, -0.2) is 17.7 Å². The second-order valence-electron chi connectivity index (χ2n) is 6.78. The van der Waals surface area contributed by atoms with E-state index >= 15 is 0 Å². The SMILES string of the molecule is CCCC(O)(CCC)CNC(=NCc1ccc(S(=O)(=O)N(C)C)s1)NCC.I. The monoisotopic (exact) mass is 546 g/mol. The van der Waals surface area contributed by atoms with Crippen molar-refractivity contribution < 1.29 is 13.5 Å². The Balaban J connectivity index is 0.00000729. The molecule has 0 bridgehead atoms. The summed E-state index contributed by atoms with van der Waals surface area (Å²) in [4.78, 5) is 5.40. The lowest BCUT2D eigenvalue weighted by Gasteiger charge is -2.28. The first kappa shape index (κ1) is 27.6. The zero-order valence-electron chi connectivity index (χ0n) is 17.5. The second-order valence-corrected chi connectivity index (χ2v) is 10.3. The van der Waals surface area contributed by atoms with Crippen molar-refractivity contribution in [2.45, 2.75) is 62.8 Å². The molecule has 0 atom stereocenters. The van der Waals surface area contributed by atoms with Crippen molar-refractivity contribution in [1.82, 2.24) is 14.9 Å². The molecule has 0 saturated carbocycles. The summed E-state index contributed by atoms with van der Waals surface area (Å²) in [5.74, 6) is 0.619. The molecule has 1 rings (SSSR count). The van der Waals surface area contributed by atoms with E-state index in [1.807, 2.05) is 6.92 Å². The fraction of sp³-hybridized carbons (Fsp3) is 0.722. The molecular formula is C18H35IN4O3S2. The van der Waals surface area contributed by atoms with Gasteiger partial charge >= 0.3 is 0 Å². The van der Waals surface area contributed by atoms with Gasteiger partial charge in [0.15, 0.2) is 5.96 Å². The van der Waals surface area contributed by atoms with Crippen LogP contribution in [0.4, 0.5) is 0 Å². The number of halogens is 1. The van der Waals surface area contributed by atoms with Crippen LogP contribution in [0.15, 0.2) is 21.3 Å². The summed E-state index contributed by atoms with van der Waals surface area (Å²) in [6, 6.07) is 3.41. The van der Waals surface area contributed by atoms with Crippen LogP contribution < -0.4 is 10.6 Å². The number of guanidine groups is 1. The van der Waals surface area contributed by atoms with Gasteiger partial charge in [0.2, 0.25) is 0 Å². The zero-order valence-corrected chi connectivity index (χ0v) is 21.5. The number of hydrogen-bond donors (Lipinski definition) is 3. The molecule has 3 N–H and O–H groups in total. The van der Waals surface area contributed by atoms with Crippen LogP contribution >= 0.6 is 35.3 Å². The maximum Gasteiger partial charge on any atom is 0.252 e. The van der Waals surface area contributed by atoms with Crippen molar-refractivity contribution in [2.24, 2.45) is 4.99 Å². The van der Waals surface area contributed by atoms with Crippen molar-refractivity contribution in [3.8, 4) is 0 Å². The molecule has 1 heterocycles. The second kappa shape index (κ2) is 13.0. The zero-order chi connectivity index (χ0) is 20.5. The van der Waals surface area contributed by atoms with Gasteiger partial charge in [0.1, 0.15) is 4.21 Å². The van der Waals surface area contributed by atoms with Gasteiger partial charge in [-0.1, -0.05) is 26.7 Å². The number of aliphatic hydroxyl groups is 1. The number of thiophene rings is 1. The molecule has 0 unspecified atom stereocenters. The van der Waals surface area contributed by atoms with Crippen LogP contribution in [0.3, 0.4) is 0 Å². The van der Waals surface area contributed by atoms with Crippen molar-refractivity contribution in [3.05, 3.63) is 17.0 Å². The van der Waals surface area contributed by atoms with E-state index in [1.165, 1.54) is 29.7 Å². The van der Waals surface area contributed by atoms with Gasteiger partial charge in [-0.2, -0.15) is 0 Å². The fourth-order valence-electron chi connectivity index (χ4n) is 2.74. The molecule has 7 nitrogen and oxygen atoms in total. The lowest BCUT2D eigenvalue weighted by molar-refractivity contribution is 0.0257. The Morgan fingerprint density at radius 3 is 2.29 bits per heavy atom. The minimum atomic E-state index is -3.41. The van der Waals surface area contributed by atoms with Crippen LogP contribution in [0.5, 0.6) is 0 Å². The molecule has 28 heavy (non-hydrogen) atoms. The Bertz CT molecular complexity index is 699. The Hall–Kier alpha value is -0.430. The first-order valence-corrected chi connectivity index (χ1v) is 11.7. The number of rotatable bonds is 11. The van der Waals surface area contributed by atoms with Gasteiger partial charge in [-0.3, -0.25) is 0 Å². The van der Waals surface area contributed by atoms with Crippen molar-refractivity contribution >= 4 is 51.3 Å². The number of sulfonamides is 1. The van der Waals surface area contributed by atoms with E-state index in [4.69, 9.17) is 0 Å². The van der Waals surface area contributed by atoms with Crippen LogP contribution in [-0.2, 0) is 16.6 Å². The van der Waals surface area contributed by atoms with Gasteiger partial charge in [-0.05, 0) is 31.9 Å². The first-order chi connectivity index (χ1) is 12.7. The third-order valence-corrected chi connectivity index (χ3v) is 7.48. The molecule has 164 valence electrons. The first-order valence-electron chi connectivity index (χ1n) is 9.44. The van der Waals surface area contributed by atoms with Gasteiger partial charge in [0.25, 0.3) is 10.0 Å². The standard InChI is InChI=1S/C18H34N4O3S2.HI/c1-6-11-18(23,12-7-2)14-21-17(19-8-3)20-13-15-9-10-16(26-15)27(24,25)22(4)5;/h9-10,23H,6-8,11-14H2,1-5H3,(H2,19,20,21);1H. The molecule has 1 aromatic rings. The van der Waals surface area contributed by atoms with E-state index in [9.17, 15) is 13.5 Å². The summed E-state index contributed by atoms with van der Waals surface area (Å²) in [6.45, 7) is 7.63. The van der Waals surface area contributed by atoms with Gasteiger partial charge in [-0.15, -0.1) is 35.3 Å². The van der Waals surface area contributed by atoms with E-state index in [2.05, 4.69) is 29.5 Å². The summed E-state index contributed by atoms with van der Waals surface area (Å²) in [6.07, 6.45) is 3.32. The van der Waals surface area contributed by atoms with E-state index in [-0.39, 0.29) is 24.0 Å². The van der Waals surface area contributed by atoms with Crippen LogP contribution in [-0.4, -0.2) is 56.6 Å². The molecule has 0 aliphatic carbocycles. The summed E-state index contributed by atoms with van der Waals surface area (Å²) in [5, 5.41) is 17.1. The highest BCUT2D eigenvalue weighted by Gasteiger charge is 2.25. The molecule has 0 spiro atoms. The Morgan fingerprint density at radius 1 is 1.18 bits per heavy atom. The highest BCUT2D eigenvalue weighted by molar-refractivity contribution is 14.0. The molecule has 1 aromatic heterocycles. The molecule has 0 fully saturated rings. The molecule has 0 aliphatic heterocycles. The Labute approximate surface area is 191 Å². The Kier molecular flexibility index (Phi) is 12.8. The van der Waals surface area contributed by atoms with Crippen molar-refractivity contribution in [1.29, 1.82) is 0 Å². The summed E-state index contributed by atoms with van der Waals surface area (Å²) >= 11 is 1.23. The minimum Gasteiger partial charge on any atom is -0.388 e. The minimum absolute atomic E-state index is 0.